The molecule has 0 spiro atoms. The third-order valence-corrected chi connectivity index (χ3v) is 3.80. The summed E-state index contributed by atoms with van der Waals surface area (Å²) in [5, 5.41) is 2.76. The number of nitrogens with one attached hydrogen (secondary N) is 1. The molecule has 0 atom stereocenters. The number of hydrogen-bond acceptors (Lipinski definition) is 3. The molecule has 0 unspecified atom stereocenters. The summed E-state index contributed by atoms with van der Waals surface area (Å²) in [6.07, 6.45) is -0.460. The van der Waals surface area contributed by atoms with Crippen molar-refractivity contribution in [1.29, 1.82) is 0 Å². The third kappa shape index (κ3) is 5.11. The van der Waals surface area contributed by atoms with Crippen LogP contribution in [0.25, 0.3) is 0 Å². The Bertz CT molecular complexity index is 830. The monoisotopic (exact) mass is 360 g/mol. The SMILES string of the molecule is CC(C)(C)OC(=O)Nc1ccc(N(c2ccccc2)c2ccccc2)cc1. The number of carbonyl (C=O) groups is 1. The zero-order chi connectivity index (χ0) is 19.3. The van der Waals surface area contributed by atoms with Gasteiger partial charge in [-0.3, -0.25) is 5.32 Å². The molecule has 1 N–H and O–H groups in total. The molecule has 0 aliphatic heterocycles. The van der Waals surface area contributed by atoms with Crippen molar-refractivity contribution in [2.45, 2.75) is 26.4 Å². The van der Waals surface area contributed by atoms with Gasteiger partial charge in [0.05, 0.1) is 0 Å². The Labute approximate surface area is 160 Å². The van der Waals surface area contributed by atoms with Gasteiger partial charge in [0.25, 0.3) is 0 Å². The molecule has 0 fully saturated rings. The fraction of sp³-hybridized carbons (Fsp3) is 0.174. The molecule has 0 aliphatic rings. The lowest BCUT2D eigenvalue weighted by Crippen LogP contribution is -2.27. The van der Waals surface area contributed by atoms with Crippen molar-refractivity contribution >= 4 is 28.8 Å². The van der Waals surface area contributed by atoms with E-state index >= 15 is 0 Å². The summed E-state index contributed by atoms with van der Waals surface area (Å²) >= 11 is 0. The van der Waals surface area contributed by atoms with Crippen molar-refractivity contribution in [3.63, 3.8) is 0 Å². The van der Waals surface area contributed by atoms with E-state index in [-0.39, 0.29) is 0 Å². The van der Waals surface area contributed by atoms with Gasteiger partial charge in [0.1, 0.15) is 5.60 Å². The first-order valence-electron chi connectivity index (χ1n) is 8.93. The van der Waals surface area contributed by atoms with Gasteiger partial charge < -0.3 is 9.64 Å². The van der Waals surface area contributed by atoms with Gasteiger partial charge in [-0.25, -0.2) is 4.79 Å². The Hall–Kier alpha value is -3.27. The standard InChI is InChI=1S/C23H24N2O2/c1-23(2,3)27-22(26)24-18-14-16-21(17-15-18)25(19-10-6-4-7-11-19)20-12-8-5-9-13-20/h4-17H,1-3H3,(H,24,26). The molecule has 27 heavy (non-hydrogen) atoms. The number of hydrogen-bond donors (Lipinski definition) is 1. The highest BCUT2D eigenvalue weighted by Gasteiger charge is 2.16. The van der Waals surface area contributed by atoms with Crippen molar-refractivity contribution in [3.8, 4) is 0 Å². The summed E-state index contributed by atoms with van der Waals surface area (Å²) in [4.78, 5) is 14.1. The Balaban J connectivity index is 1.85. The average Bonchev–Trinajstić information content (AvgIpc) is 2.64. The second kappa shape index (κ2) is 7.96. The fourth-order valence-electron chi connectivity index (χ4n) is 2.72. The average molecular weight is 360 g/mol. The number of para-hydroxylation sites is 2. The highest BCUT2D eigenvalue weighted by atomic mass is 16.6. The van der Waals surface area contributed by atoms with Gasteiger partial charge in [-0.15, -0.1) is 0 Å². The van der Waals surface area contributed by atoms with Crippen LogP contribution in [0.15, 0.2) is 84.9 Å². The molecule has 4 nitrogen and oxygen atoms in total. The zero-order valence-corrected chi connectivity index (χ0v) is 15.8. The number of rotatable bonds is 4. The van der Waals surface area contributed by atoms with E-state index < -0.39 is 11.7 Å². The molecule has 3 aromatic rings. The molecule has 0 aliphatic carbocycles. The Morgan fingerprint density at radius 2 is 1.19 bits per heavy atom. The molecule has 3 rings (SSSR count). The van der Waals surface area contributed by atoms with Crippen molar-refractivity contribution < 1.29 is 9.53 Å². The lowest BCUT2D eigenvalue weighted by Gasteiger charge is -2.25. The summed E-state index contributed by atoms with van der Waals surface area (Å²) in [6, 6.07) is 28.1. The Kier molecular flexibility index (Phi) is 5.46. The lowest BCUT2D eigenvalue weighted by atomic mass is 10.2. The molecule has 1 amide bonds. The molecule has 0 bridgehead atoms. The minimum atomic E-state index is -0.526. The molecule has 0 saturated carbocycles. The Morgan fingerprint density at radius 1 is 0.741 bits per heavy atom. The number of amides is 1. The number of ether oxygens (including phenoxy) is 1. The van der Waals surface area contributed by atoms with Crippen molar-refractivity contribution in [2.75, 3.05) is 10.2 Å². The van der Waals surface area contributed by atoms with Gasteiger partial charge in [0.15, 0.2) is 0 Å². The van der Waals surface area contributed by atoms with Crippen LogP contribution in [0.3, 0.4) is 0 Å². The van der Waals surface area contributed by atoms with Gasteiger partial charge in [0.2, 0.25) is 0 Å². The summed E-state index contributed by atoms with van der Waals surface area (Å²) in [5.41, 5.74) is 3.30. The minimum absolute atomic E-state index is 0.460. The predicted octanol–water partition coefficient (Wildman–Crippen LogP) is 6.50. The van der Waals surface area contributed by atoms with Crippen LogP contribution in [0.1, 0.15) is 20.8 Å². The molecular weight excluding hydrogens is 336 g/mol. The van der Waals surface area contributed by atoms with Gasteiger partial charge in [-0.05, 0) is 69.3 Å². The lowest BCUT2D eigenvalue weighted by molar-refractivity contribution is 0.0636. The van der Waals surface area contributed by atoms with Crippen LogP contribution < -0.4 is 10.2 Å². The van der Waals surface area contributed by atoms with Gasteiger partial charge in [0, 0.05) is 22.7 Å². The zero-order valence-electron chi connectivity index (χ0n) is 15.8. The normalized spacial score (nSPS) is 10.9. The van der Waals surface area contributed by atoms with Crippen molar-refractivity contribution in [1.82, 2.24) is 0 Å². The first kappa shape index (κ1) is 18.5. The molecule has 0 saturated heterocycles. The second-order valence-electron chi connectivity index (χ2n) is 7.18. The molecule has 0 radical (unpaired) electrons. The van der Waals surface area contributed by atoms with Crippen molar-refractivity contribution in [2.24, 2.45) is 0 Å². The summed E-state index contributed by atoms with van der Waals surface area (Å²) in [5.74, 6) is 0. The smallest absolute Gasteiger partial charge is 0.412 e. The summed E-state index contributed by atoms with van der Waals surface area (Å²) in [6.45, 7) is 5.52. The van der Waals surface area contributed by atoms with Crippen LogP contribution in [0, 0.1) is 0 Å². The highest BCUT2D eigenvalue weighted by molar-refractivity contribution is 5.86. The topological polar surface area (TPSA) is 41.6 Å². The third-order valence-electron chi connectivity index (χ3n) is 3.80. The van der Waals surface area contributed by atoms with Crippen LogP contribution in [0.4, 0.5) is 27.5 Å². The fourth-order valence-corrected chi connectivity index (χ4v) is 2.72. The second-order valence-corrected chi connectivity index (χ2v) is 7.18. The maximum absolute atomic E-state index is 11.9. The maximum Gasteiger partial charge on any atom is 0.412 e. The molecular formula is C23H24N2O2. The quantitative estimate of drug-likeness (QED) is 0.577. The Morgan fingerprint density at radius 3 is 1.63 bits per heavy atom. The molecule has 138 valence electrons. The maximum atomic E-state index is 11.9. The molecule has 3 aromatic carbocycles. The summed E-state index contributed by atoms with van der Waals surface area (Å²) in [7, 11) is 0. The van der Waals surface area contributed by atoms with E-state index in [0.717, 1.165) is 17.1 Å². The predicted molar refractivity (Wildman–Crippen MR) is 111 cm³/mol. The number of anilines is 4. The highest BCUT2D eigenvalue weighted by Crippen LogP contribution is 2.34. The van der Waals surface area contributed by atoms with E-state index in [2.05, 4.69) is 34.5 Å². The molecule has 0 heterocycles. The summed E-state index contributed by atoms with van der Waals surface area (Å²) < 4.78 is 5.30. The minimum Gasteiger partial charge on any atom is -0.444 e. The van der Waals surface area contributed by atoms with E-state index in [1.165, 1.54) is 0 Å². The van der Waals surface area contributed by atoms with Crippen LogP contribution in [-0.4, -0.2) is 11.7 Å². The van der Waals surface area contributed by atoms with Gasteiger partial charge in [-0.2, -0.15) is 0 Å². The first-order chi connectivity index (χ1) is 12.9. The van der Waals surface area contributed by atoms with Gasteiger partial charge in [-0.1, -0.05) is 36.4 Å². The largest absolute Gasteiger partial charge is 0.444 e. The van der Waals surface area contributed by atoms with Crippen molar-refractivity contribution in [3.05, 3.63) is 84.9 Å². The molecule has 0 aromatic heterocycles. The van der Waals surface area contributed by atoms with E-state index in [4.69, 9.17) is 4.74 Å². The van der Waals surface area contributed by atoms with E-state index in [9.17, 15) is 4.79 Å². The van der Waals surface area contributed by atoms with E-state index in [1.54, 1.807) is 0 Å². The number of benzene rings is 3. The van der Waals surface area contributed by atoms with E-state index in [0.29, 0.717) is 5.69 Å². The van der Waals surface area contributed by atoms with Crippen LogP contribution in [-0.2, 0) is 4.74 Å². The van der Waals surface area contributed by atoms with Crippen LogP contribution in [0.5, 0.6) is 0 Å². The van der Waals surface area contributed by atoms with E-state index in [1.807, 2.05) is 81.4 Å². The van der Waals surface area contributed by atoms with Crippen LogP contribution in [0.2, 0.25) is 0 Å². The first-order valence-corrected chi connectivity index (χ1v) is 8.93. The number of nitrogens with zero attached hydrogens (tertiary/aromatic N) is 1. The molecule has 4 heteroatoms. The number of carbonyl (C=O) groups excluding carboxylic acids is 1. The van der Waals surface area contributed by atoms with Gasteiger partial charge >= 0.3 is 6.09 Å². The van der Waals surface area contributed by atoms with Crippen LogP contribution >= 0.6 is 0 Å².